The molecule has 4 rings (SSSR count). The van der Waals surface area contributed by atoms with Crippen LogP contribution in [0.2, 0.25) is 10.0 Å². The number of carboxylic acids is 1. The molecule has 2 saturated heterocycles. The number of benzene rings is 2. The van der Waals surface area contributed by atoms with Gasteiger partial charge in [0.25, 0.3) is 0 Å². The fourth-order valence-corrected chi connectivity index (χ4v) is 4.89. The SMILES string of the molecule is O=C(O)C1CCN(Cc2ccc(N3CC(c4c(Cl)cccc4Cl)C3)cc2)CC1. The van der Waals surface area contributed by atoms with Crippen LogP contribution in [0.1, 0.15) is 29.9 Å². The predicted molar refractivity (Wildman–Crippen MR) is 113 cm³/mol. The van der Waals surface area contributed by atoms with E-state index >= 15 is 0 Å². The second-order valence-corrected chi connectivity index (χ2v) is 8.61. The van der Waals surface area contributed by atoms with E-state index in [0.29, 0.717) is 5.92 Å². The van der Waals surface area contributed by atoms with Crippen molar-refractivity contribution in [2.75, 3.05) is 31.1 Å². The van der Waals surface area contributed by atoms with E-state index < -0.39 is 5.97 Å². The van der Waals surface area contributed by atoms with Gasteiger partial charge >= 0.3 is 5.97 Å². The van der Waals surface area contributed by atoms with Crippen molar-refractivity contribution in [2.45, 2.75) is 25.3 Å². The van der Waals surface area contributed by atoms with E-state index in [2.05, 4.69) is 34.1 Å². The summed E-state index contributed by atoms with van der Waals surface area (Å²) in [6.45, 7) is 4.43. The number of anilines is 1. The van der Waals surface area contributed by atoms with E-state index in [9.17, 15) is 4.79 Å². The van der Waals surface area contributed by atoms with Crippen LogP contribution in [0.3, 0.4) is 0 Å². The Labute approximate surface area is 175 Å². The summed E-state index contributed by atoms with van der Waals surface area (Å²) in [5.41, 5.74) is 3.54. The van der Waals surface area contributed by atoms with Gasteiger partial charge in [-0.25, -0.2) is 0 Å². The predicted octanol–water partition coefficient (Wildman–Crippen LogP) is 4.89. The molecular formula is C22H24Cl2N2O2. The van der Waals surface area contributed by atoms with E-state index in [1.54, 1.807) is 0 Å². The van der Waals surface area contributed by atoms with E-state index in [1.807, 2.05) is 18.2 Å². The van der Waals surface area contributed by atoms with E-state index in [4.69, 9.17) is 28.3 Å². The molecule has 2 fully saturated rings. The molecule has 2 heterocycles. The van der Waals surface area contributed by atoms with Gasteiger partial charge in [-0.15, -0.1) is 0 Å². The van der Waals surface area contributed by atoms with Crippen LogP contribution >= 0.6 is 23.2 Å². The molecule has 0 aliphatic carbocycles. The van der Waals surface area contributed by atoms with Crippen LogP contribution in [0.4, 0.5) is 5.69 Å². The minimum absolute atomic E-state index is 0.176. The molecule has 0 aromatic heterocycles. The van der Waals surface area contributed by atoms with E-state index in [-0.39, 0.29) is 5.92 Å². The fraction of sp³-hybridized carbons (Fsp3) is 0.409. The summed E-state index contributed by atoms with van der Waals surface area (Å²) in [5.74, 6) is -0.462. The van der Waals surface area contributed by atoms with Crippen LogP contribution in [0.15, 0.2) is 42.5 Å². The molecular weight excluding hydrogens is 395 g/mol. The molecule has 0 radical (unpaired) electrons. The van der Waals surface area contributed by atoms with Crippen LogP contribution < -0.4 is 4.90 Å². The number of rotatable bonds is 5. The van der Waals surface area contributed by atoms with Crippen molar-refractivity contribution in [1.29, 1.82) is 0 Å². The first kappa shape index (κ1) is 19.6. The molecule has 0 atom stereocenters. The highest BCUT2D eigenvalue weighted by atomic mass is 35.5. The Morgan fingerprint density at radius 3 is 2.18 bits per heavy atom. The molecule has 1 N–H and O–H groups in total. The zero-order valence-electron chi connectivity index (χ0n) is 15.7. The van der Waals surface area contributed by atoms with Gasteiger partial charge in [0, 0.05) is 41.3 Å². The van der Waals surface area contributed by atoms with Crippen molar-refractivity contribution in [2.24, 2.45) is 5.92 Å². The van der Waals surface area contributed by atoms with Crippen LogP contribution in [-0.2, 0) is 11.3 Å². The number of hydrogen-bond acceptors (Lipinski definition) is 3. The molecule has 2 aromatic carbocycles. The van der Waals surface area contributed by atoms with Crippen molar-refractivity contribution in [3.8, 4) is 0 Å². The van der Waals surface area contributed by atoms with E-state index in [1.165, 1.54) is 11.3 Å². The molecule has 2 aromatic rings. The number of carboxylic acid groups (broad SMARTS) is 1. The Morgan fingerprint density at radius 1 is 1.00 bits per heavy atom. The Morgan fingerprint density at radius 2 is 1.61 bits per heavy atom. The van der Waals surface area contributed by atoms with Crippen molar-refractivity contribution in [3.05, 3.63) is 63.6 Å². The van der Waals surface area contributed by atoms with Crippen molar-refractivity contribution < 1.29 is 9.90 Å². The van der Waals surface area contributed by atoms with Crippen molar-refractivity contribution >= 4 is 34.9 Å². The lowest BCUT2D eigenvalue weighted by Gasteiger charge is -2.42. The number of likely N-dealkylation sites (tertiary alicyclic amines) is 1. The van der Waals surface area contributed by atoms with Gasteiger partial charge < -0.3 is 10.0 Å². The molecule has 0 amide bonds. The number of aliphatic carboxylic acids is 1. The topological polar surface area (TPSA) is 43.8 Å². The standard InChI is InChI=1S/C22H24Cl2N2O2/c23-19-2-1-3-20(24)21(19)17-13-26(14-17)18-6-4-15(5-7-18)12-25-10-8-16(9-11-25)22(27)28/h1-7,16-17H,8-14H2,(H,27,28). The molecule has 0 spiro atoms. The maximum Gasteiger partial charge on any atom is 0.306 e. The Kier molecular flexibility index (Phi) is 5.81. The lowest BCUT2D eigenvalue weighted by atomic mass is 9.90. The summed E-state index contributed by atoms with van der Waals surface area (Å²) < 4.78 is 0. The van der Waals surface area contributed by atoms with Crippen LogP contribution in [0, 0.1) is 5.92 Å². The summed E-state index contributed by atoms with van der Waals surface area (Å²) in [7, 11) is 0. The molecule has 148 valence electrons. The van der Waals surface area contributed by atoms with Gasteiger partial charge in [0.15, 0.2) is 0 Å². The summed E-state index contributed by atoms with van der Waals surface area (Å²) >= 11 is 12.7. The number of halogens is 2. The minimum Gasteiger partial charge on any atom is -0.481 e. The number of nitrogens with zero attached hydrogens (tertiary/aromatic N) is 2. The molecule has 0 unspecified atom stereocenters. The zero-order chi connectivity index (χ0) is 19.7. The molecule has 6 heteroatoms. The van der Waals surface area contributed by atoms with E-state index in [0.717, 1.165) is 61.2 Å². The van der Waals surface area contributed by atoms with Gasteiger partial charge in [-0.3, -0.25) is 9.69 Å². The Balaban J connectivity index is 1.31. The maximum absolute atomic E-state index is 11.1. The van der Waals surface area contributed by atoms with Gasteiger partial charge in [0.05, 0.1) is 5.92 Å². The molecule has 4 nitrogen and oxygen atoms in total. The van der Waals surface area contributed by atoms with Gasteiger partial charge in [0.1, 0.15) is 0 Å². The summed E-state index contributed by atoms with van der Waals surface area (Å²) in [6.07, 6.45) is 1.49. The van der Waals surface area contributed by atoms with Crippen LogP contribution in [-0.4, -0.2) is 42.2 Å². The minimum atomic E-state index is -0.657. The summed E-state index contributed by atoms with van der Waals surface area (Å²) in [5, 5.41) is 10.6. The molecule has 28 heavy (non-hydrogen) atoms. The second kappa shape index (κ2) is 8.32. The fourth-order valence-electron chi connectivity index (χ4n) is 4.18. The largest absolute Gasteiger partial charge is 0.481 e. The van der Waals surface area contributed by atoms with Crippen molar-refractivity contribution in [3.63, 3.8) is 0 Å². The quantitative estimate of drug-likeness (QED) is 0.749. The highest BCUT2D eigenvalue weighted by molar-refractivity contribution is 6.36. The van der Waals surface area contributed by atoms with Crippen molar-refractivity contribution in [1.82, 2.24) is 4.90 Å². The number of hydrogen-bond donors (Lipinski definition) is 1. The summed E-state index contributed by atoms with van der Waals surface area (Å²) in [6, 6.07) is 14.4. The second-order valence-electron chi connectivity index (χ2n) is 7.79. The number of carbonyl (C=O) groups is 1. The molecule has 2 aliphatic rings. The average Bonchev–Trinajstić information content (AvgIpc) is 2.64. The van der Waals surface area contributed by atoms with Crippen LogP contribution in [0.25, 0.3) is 0 Å². The smallest absolute Gasteiger partial charge is 0.306 e. The lowest BCUT2D eigenvalue weighted by Crippen LogP contribution is -2.45. The summed E-state index contributed by atoms with van der Waals surface area (Å²) in [4.78, 5) is 15.7. The number of piperidine rings is 1. The maximum atomic E-state index is 11.1. The first-order valence-electron chi connectivity index (χ1n) is 9.74. The Hall–Kier alpha value is -1.75. The first-order chi connectivity index (χ1) is 13.5. The third kappa shape index (κ3) is 4.14. The van der Waals surface area contributed by atoms with Gasteiger partial charge in [-0.1, -0.05) is 41.4 Å². The first-order valence-corrected chi connectivity index (χ1v) is 10.5. The zero-order valence-corrected chi connectivity index (χ0v) is 17.2. The normalized spacial score (nSPS) is 18.9. The Bertz CT molecular complexity index is 822. The van der Waals surface area contributed by atoms with Crippen LogP contribution in [0.5, 0.6) is 0 Å². The lowest BCUT2D eigenvalue weighted by molar-refractivity contribution is -0.143. The third-order valence-corrected chi connectivity index (χ3v) is 6.59. The van der Waals surface area contributed by atoms with Gasteiger partial charge in [-0.05, 0) is 61.3 Å². The highest BCUT2D eigenvalue weighted by Crippen LogP contribution is 2.38. The molecule has 0 saturated carbocycles. The van der Waals surface area contributed by atoms with Gasteiger partial charge in [-0.2, -0.15) is 0 Å². The monoisotopic (exact) mass is 418 g/mol. The molecule has 2 aliphatic heterocycles. The average molecular weight is 419 g/mol. The molecule has 0 bridgehead atoms. The highest BCUT2D eigenvalue weighted by Gasteiger charge is 2.31. The third-order valence-electron chi connectivity index (χ3n) is 5.93. The van der Waals surface area contributed by atoms with Gasteiger partial charge in [0.2, 0.25) is 0 Å².